The Hall–Kier alpha value is -5.84. The second-order valence-electron chi connectivity index (χ2n) is 17.8. The number of benzene rings is 3. The molecular weight excluding hydrogens is 832 g/mol. The van der Waals surface area contributed by atoms with Gasteiger partial charge in [0, 0.05) is 97.8 Å². The first-order chi connectivity index (χ1) is 30.2. The number of aromatic amines is 1. The van der Waals surface area contributed by atoms with Gasteiger partial charge < -0.3 is 19.7 Å². The number of hydrogen-bond acceptors (Lipinski definition) is 8. The van der Waals surface area contributed by atoms with Gasteiger partial charge in [0.1, 0.15) is 17.6 Å². The Labute approximate surface area is 362 Å². The number of amides is 1. The summed E-state index contributed by atoms with van der Waals surface area (Å²) in [5.74, 6) is -3.50. The number of carbonyl (C=O) groups excluding carboxylic acids is 3. The lowest BCUT2D eigenvalue weighted by Crippen LogP contribution is -2.57. The molecular formula is C47H46F3N7O5S. The van der Waals surface area contributed by atoms with Gasteiger partial charge in [-0.15, -0.1) is 0 Å². The Balaban J connectivity index is 0.753. The number of rotatable bonds is 11. The Bertz CT molecular complexity index is 2830. The van der Waals surface area contributed by atoms with Crippen molar-refractivity contribution in [2.75, 3.05) is 55.4 Å². The number of allylic oxidation sites excluding steroid dienone is 1. The van der Waals surface area contributed by atoms with Crippen molar-refractivity contribution in [1.29, 1.82) is 0 Å². The van der Waals surface area contributed by atoms with E-state index < -0.39 is 45.0 Å². The number of halogens is 3. The fraction of sp³-hybridized carbons (Fsp3) is 0.362. The zero-order valence-electron chi connectivity index (χ0n) is 34.5. The molecule has 2 atom stereocenters. The van der Waals surface area contributed by atoms with Crippen LogP contribution in [0, 0.1) is 17.0 Å². The smallest absolute Gasteiger partial charge is 0.301 e. The van der Waals surface area contributed by atoms with Gasteiger partial charge in [-0.2, -0.15) is 12.7 Å². The maximum Gasteiger partial charge on any atom is 0.301 e. The summed E-state index contributed by atoms with van der Waals surface area (Å²) in [6.45, 7) is 8.85. The summed E-state index contributed by atoms with van der Waals surface area (Å²) < 4.78 is 73.0. The fourth-order valence-electron chi connectivity index (χ4n) is 10.1. The molecule has 3 saturated heterocycles. The molecule has 5 aliphatic rings. The summed E-state index contributed by atoms with van der Waals surface area (Å²) in [4.78, 5) is 53.7. The van der Waals surface area contributed by atoms with Gasteiger partial charge in [0.15, 0.2) is 11.6 Å². The number of hydrogen-bond donors (Lipinski definition) is 2. The Kier molecular flexibility index (Phi) is 10.3. The van der Waals surface area contributed by atoms with Crippen LogP contribution in [0.3, 0.4) is 0 Å². The van der Waals surface area contributed by atoms with Crippen molar-refractivity contribution in [2.45, 2.75) is 57.3 Å². The molecule has 16 heteroatoms. The van der Waals surface area contributed by atoms with Crippen LogP contribution in [-0.2, 0) is 28.0 Å². The van der Waals surface area contributed by atoms with Gasteiger partial charge in [0.2, 0.25) is 5.78 Å². The molecule has 1 spiro atoms. The molecule has 1 unspecified atom stereocenters. The van der Waals surface area contributed by atoms with Crippen molar-refractivity contribution in [3.05, 3.63) is 125 Å². The van der Waals surface area contributed by atoms with Crippen molar-refractivity contribution >= 4 is 50.1 Å². The van der Waals surface area contributed by atoms with Crippen molar-refractivity contribution in [1.82, 2.24) is 24.1 Å². The number of nitrogens with zero attached hydrogens (tertiary/aromatic N) is 5. The topological polar surface area (TPSA) is 139 Å². The van der Waals surface area contributed by atoms with Crippen LogP contribution in [0.25, 0.3) is 22.2 Å². The van der Waals surface area contributed by atoms with E-state index in [1.807, 2.05) is 29.0 Å². The predicted octanol–water partition coefficient (Wildman–Crippen LogP) is 6.83. The highest BCUT2D eigenvalue weighted by molar-refractivity contribution is 7.90. The molecule has 12 nitrogen and oxygen atoms in total. The van der Waals surface area contributed by atoms with Crippen LogP contribution >= 0.6 is 0 Å². The van der Waals surface area contributed by atoms with E-state index >= 15 is 8.78 Å². The van der Waals surface area contributed by atoms with Crippen molar-refractivity contribution in [2.24, 2.45) is 5.41 Å². The van der Waals surface area contributed by atoms with Gasteiger partial charge in [0.05, 0.1) is 17.3 Å². The molecule has 2 N–H and O–H groups in total. The molecule has 5 aromatic rings. The molecule has 0 radical (unpaired) electrons. The number of nitrogens with one attached hydrogen (secondary N) is 2. The molecule has 4 aliphatic heterocycles. The van der Waals surface area contributed by atoms with Gasteiger partial charge in [-0.3, -0.25) is 19.1 Å². The Morgan fingerprint density at radius 1 is 0.984 bits per heavy atom. The molecule has 3 aromatic carbocycles. The SMILES string of the molecule is C=C1CCC(N2Cc3cc(N4CC5(CCN(CCc6ccc(-c7cnc8[nH]cc(C(=O)c9c(F)ccc(NS(=O)(=O)N%10CC[C@@H](F)C%10)c9F)c8c7)cc6)C5)C4)ccc3C2=O)C(=O)C1. The van der Waals surface area contributed by atoms with E-state index in [4.69, 9.17) is 0 Å². The first-order valence-corrected chi connectivity index (χ1v) is 22.8. The lowest BCUT2D eigenvalue weighted by atomic mass is 9.78. The average molecular weight is 878 g/mol. The van der Waals surface area contributed by atoms with Crippen molar-refractivity contribution in [3.8, 4) is 11.1 Å². The molecule has 0 bridgehead atoms. The predicted molar refractivity (Wildman–Crippen MR) is 232 cm³/mol. The summed E-state index contributed by atoms with van der Waals surface area (Å²) in [5.41, 5.74) is 5.43. The Morgan fingerprint density at radius 3 is 2.56 bits per heavy atom. The van der Waals surface area contributed by atoms with Crippen molar-refractivity contribution < 1.29 is 36.0 Å². The second kappa shape index (κ2) is 15.7. The lowest BCUT2D eigenvalue weighted by Gasteiger charge is -2.49. The monoisotopic (exact) mass is 877 g/mol. The quantitative estimate of drug-likeness (QED) is 0.109. The van der Waals surface area contributed by atoms with Crippen LogP contribution in [0.1, 0.15) is 69.5 Å². The van der Waals surface area contributed by atoms with Gasteiger partial charge in [-0.1, -0.05) is 36.4 Å². The number of fused-ring (bicyclic) bond motifs is 2. The highest BCUT2D eigenvalue weighted by atomic mass is 32.2. The lowest BCUT2D eigenvalue weighted by molar-refractivity contribution is -0.124. The van der Waals surface area contributed by atoms with Crippen LogP contribution < -0.4 is 9.62 Å². The minimum atomic E-state index is -4.35. The minimum Gasteiger partial charge on any atom is -0.370 e. The van der Waals surface area contributed by atoms with Crippen LogP contribution in [-0.4, -0.2) is 108 Å². The largest absolute Gasteiger partial charge is 0.370 e. The maximum absolute atomic E-state index is 15.7. The molecule has 4 fully saturated rings. The zero-order chi connectivity index (χ0) is 43.8. The number of Topliss-reactive ketones (excluding diaryl/α,β-unsaturated/α-hetero) is 1. The van der Waals surface area contributed by atoms with Crippen LogP contribution in [0.5, 0.6) is 0 Å². The van der Waals surface area contributed by atoms with E-state index in [1.54, 1.807) is 17.2 Å². The van der Waals surface area contributed by atoms with Crippen molar-refractivity contribution in [3.63, 3.8) is 0 Å². The summed E-state index contributed by atoms with van der Waals surface area (Å²) in [7, 11) is -4.35. The molecule has 2 aromatic heterocycles. The maximum atomic E-state index is 15.7. The van der Waals surface area contributed by atoms with E-state index in [-0.39, 0.29) is 48.2 Å². The summed E-state index contributed by atoms with van der Waals surface area (Å²) in [6, 6.07) is 17.3. The van der Waals surface area contributed by atoms with E-state index in [1.165, 1.54) is 11.8 Å². The standard InChI is InChI=1S/C47H46F3N7O5S/c1-28-2-11-40(41(58)18-28)57-23-32-19-34(7-8-35(32)46(57)60)55-26-47(27-55)14-17-54(25-47)15-12-29-3-5-30(6-4-29)31-20-36-37(22-52-45(36)51-21-31)44(59)42-38(49)9-10-39(43(42)50)53-63(61,62)56-16-13-33(48)24-56/h3-10,19-22,33,40,53H,1-2,11-18,23-27H2,(H,51,52)/t33-,40?/m1/s1. The highest BCUT2D eigenvalue weighted by Crippen LogP contribution is 2.43. The number of H-pyrrole nitrogens is 1. The van der Waals surface area contributed by atoms with E-state index in [0.717, 1.165) is 90.8 Å². The number of aromatic nitrogens is 2. The number of ketones is 2. The van der Waals surface area contributed by atoms with Gasteiger partial charge in [-0.05, 0) is 91.7 Å². The molecule has 1 aliphatic carbocycles. The number of anilines is 2. The molecule has 1 amide bonds. The molecule has 6 heterocycles. The van der Waals surface area contributed by atoms with Crippen LogP contribution in [0.2, 0.25) is 0 Å². The van der Waals surface area contributed by atoms with Gasteiger partial charge in [0.25, 0.3) is 5.91 Å². The first-order valence-electron chi connectivity index (χ1n) is 21.4. The van der Waals surface area contributed by atoms with Crippen LogP contribution in [0.4, 0.5) is 24.5 Å². The number of carbonyl (C=O) groups is 3. The van der Waals surface area contributed by atoms with Gasteiger partial charge in [-0.25, -0.2) is 18.2 Å². The third-order valence-electron chi connectivity index (χ3n) is 13.6. The molecule has 63 heavy (non-hydrogen) atoms. The number of likely N-dealkylation sites (tertiary alicyclic amines) is 1. The van der Waals surface area contributed by atoms with Gasteiger partial charge >= 0.3 is 10.2 Å². The fourth-order valence-corrected chi connectivity index (χ4v) is 11.3. The van der Waals surface area contributed by atoms with Crippen LogP contribution in [0.15, 0.2) is 85.2 Å². The molecule has 326 valence electrons. The minimum absolute atomic E-state index is 0.00689. The van der Waals surface area contributed by atoms with E-state index in [9.17, 15) is 27.2 Å². The Morgan fingerprint density at radius 2 is 1.79 bits per heavy atom. The third-order valence-corrected chi connectivity index (χ3v) is 15.1. The van der Waals surface area contributed by atoms with E-state index in [2.05, 4.69) is 44.5 Å². The zero-order valence-corrected chi connectivity index (χ0v) is 35.3. The normalized spacial score (nSPS) is 21.5. The summed E-state index contributed by atoms with van der Waals surface area (Å²) >= 11 is 0. The molecule has 10 rings (SSSR count). The number of alkyl halides is 1. The highest BCUT2D eigenvalue weighted by Gasteiger charge is 2.48. The average Bonchev–Trinajstić information content (AvgIpc) is 4.06. The first kappa shape index (κ1) is 41.2. The second-order valence-corrected chi connectivity index (χ2v) is 19.5. The summed E-state index contributed by atoms with van der Waals surface area (Å²) in [5, 5.41) is 0.340. The third kappa shape index (κ3) is 7.61. The molecule has 1 saturated carbocycles. The van der Waals surface area contributed by atoms with E-state index in [0.29, 0.717) is 41.5 Å². The number of pyridine rings is 1. The summed E-state index contributed by atoms with van der Waals surface area (Å²) in [6.07, 6.45) is 5.40.